The van der Waals surface area contributed by atoms with Gasteiger partial charge in [0.1, 0.15) is 0 Å². The zero-order valence-corrected chi connectivity index (χ0v) is 18.3. The van der Waals surface area contributed by atoms with Gasteiger partial charge in [0.05, 0.1) is 0 Å². The molecule has 0 unspecified atom stereocenters. The Morgan fingerprint density at radius 3 is 2.30 bits per heavy atom. The average molecular weight is 430 g/mol. The minimum atomic E-state index is -0.455. The molecule has 3 aliphatic rings. The van der Waals surface area contributed by atoms with Crippen molar-refractivity contribution in [3.05, 3.63) is 43.8 Å². The molecule has 0 aromatic carbocycles. The van der Waals surface area contributed by atoms with Gasteiger partial charge in [0.2, 0.25) is 0 Å². The Balaban J connectivity index is 0.00000132. The van der Waals surface area contributed by atoms with Crippen LogP contribution in [0.3, 0.4) is 0 Å². The molecule has 0 saturated heterocycles. The van der Waals surface area contributed by atoms with E-state index in [9.17, 15) is 0 Å². The molecule has 3 rings (SSSR count). The first-order chi connectivity index (χ1) is 10.3. The molecule has 23 heavy (non-hydrogen) atoms. The van der Waals surface area contributed by atoms with E-state index in [1.165, 1.54) is 57.8 Å². The third-order valence-electron chi connectivity index (χ3n) is 5.08. The van der Waals surface area contributed by atoms with Crippen LogP contribution in [0.2, 0.25) is 0 Å². The zero-order valence-electron chi connectivity index (χ0n) is 14.4. The summed E-state index contributed by atoms with van der Waals surface area (Å²) < 4.78 is 3.91. The molecule has 0 bridgehead atoms. The Bertz CT molecular complexity index is 568. The van der Waals surface area contributed by atoms with Crippen molar-refractivity contribution in [1.29, 1.82) is 0 Å². The molecule has 0 amide bonds. The summed E-state index contributed by atoms with van der Waals surface area (Å²) in [4.78, 5) is 0. The van der Waals surface area contributed by atoms with Gasteiger partial charge in [-0.2, -0.15) is 0 Å². The third-order valence-corrected chi connectivity index (χ3v) is 8.97. The van der Waals surface area contributed by atoms with Crippen molar-refractivity contribution in [3.63, 3.8) is 0 Å². The van der Waals surface area contributed by atoms with Crippen LogP contribution in [0.4, 0.5) is 0 Å². The van der Waals surface area contributed by atoms with Gasteiger partial charge in [-0.1, -0.05) is 0 Å². The fourth-order valence-electron chi connectivity index (χ4n) is 3.98. The summed E-state index contributed by atoms with van der Waals surface area (Å²) >= 11 is -0.455. The Labute approximate surface area is 165 Å². The number of hydrogen-bond acceptors (Lipinski definition) is 0. The summed E-state index contributed by atoms with van der Waals surface area (Å²) in [5, 5.41) is 0. The summed E-state index contributed by atoms with van der Waals surface area (Å²) in [6.45, 7) is 4.71. The fourth-order valence-corrected chi connectivity index (χ4v) is 8.32. The molecule has 0 aliphatic heterocycles. The molecule has 0 N–H and O–H groups in total. The van der Waals surface area contributed by atoms with Crippen LogP contribution in [0, 0.1) is 0 Å². The second-order valence-corrected chi connectivity index (χ2v) is 10.3. The summed E-state index contributed by atoms with van der Waals surface area (Å²) in [5.74, 6) is 0. The molecule has 3 heteroatoms. The molecule has 0 heterocycles. The van der Waals surface area contributed by atoms with Gasteiger partial charge in [0, 0.05) is 0 Å². The van der Waals surface area contributed by atoms with Crippen LogP contribution in [0.25, 0.3) is 0 Å². The van der Waals surface area contributed by atoms with E-state index in [4.69, 9.17) is 0 Å². The molecule has 1 fully saturated rings. The summed E-state index contributed by atoms with van der Waals surface area (Å²) in [5.41, 5.74) is 6.85. The van der Waals surface area contributed by atoms with Crippen LogP contribution >= 0.6 is 0 Å². The number of rotatable bonds is 4. The van der Waals surface area contributed by atoms with Crippen LogP contribution in [-0.4, -0.2) is 3.21 Å². The molecule has 1 saturated carbocycles. The average Bonchev–Trinajstić information content (AvgIpc) is 3.14. The molecule has 0 aromatic heterocycles. The van der Waals surface area contributed by atoms with Crippen molar-refractivity contribution in [2.75, 3.05) is 0 Å². The van der Waals surface area contributed by atoms with Gasteiger partial charge in [0.25, 0.3) is 0 Å². The van der Waals surface area contributed by atoms with Crippen LogP contribution < -0.4 is 24.8 Å². The third kappa shape index (κ3) is 4.90. The van der Waals surface area contributed by atoms with Gasteiger partial charge in [-0.05, 0) is 0 Å². The van der Waals surface area contributed by atoms with E-state index in [-0.39, 0.29) is 24.8 Å². The van der Waals surface area contributed by atoms with Crippen molar-refractivity contribution in [1.82, 2.24) is 0 Å². The van der Waals surface area contributed by atoms with E-state index in [0.717, 1.165) is 0 Å². The maximum absolute atomic E-state index is 2.38. The number of halogens is 2. The minimum Gasteiger partial charge on any atom is -1.00 e. The Hall–Kier alpha value is 0.293. The van der Waals surface area contributed by atoms with Crippen molar-refractivity contribution < 1.29 is 47.6 Å². The Kier molecular flexibility index (Phi) is 9.57. The first-order valence-electron chi connectivity index (χ1n) is 8.75. The quantitative estimate of drug-likeness (QED) is 0.585. The van der Waals surface area contributed by atoms with E-state index < -0.39 is 22.8 Å². The maximum Gasteiger partial charge on any atom is -1.00 e. The minimum absolute atomic E-state index is 0. The van der Waals surface area contributed by atoms with Gasteiger partial charge in [-0.3, -0.25) is 0 Å². The van der Waals surface area contributed by atoms with E-state index in [2.05, 4.69) is 32.1 Å². The second-order valence-electron chi connectivity index (χ2n) is 6.43. The SMILES string of the molecule is CCC1=C(CC)C(C2=CC=CC2)=[C]([Zr+2]=[C]2CCCCC2)C1.[Cl-].[Cl-]. The summed E-state index contributed by atoms with van der Waals surface area (Å²) in [6.07, 6.45) is 19.3. The van der Waals surface area contributed by atoms with E-state index in [1.807, 2.05) is 6.49 Å². The summed E-state index contributed by atoms with van der Waals surface area (Å²) in [7, 11) is 0. The van der Waals surface area contributed by atoms with Crippen LogP contribution in [0.15, 0.2) is 43.8 Å². The van der Waals surface area contributed by atoms with Crippen molar-refractivity contribution in [3.8, 4) is 0 Å². The van der Waals surface area contributed by atoms with Crippen molar-refractivity contribution in [2.45, 2.75) is 71.6 Å². The molecule has 3 aliphatic carbocycles. The standard InChI is InChI=1S/C14H17.C6H10.2ClH.Zr/c1-3-11-9-10-14(13(11)4-2)12-7-5-6-8-12;1-2-4-6-5-3-1;;;/h5-7H,3-4,8-9H2,1-2H3;1-5H2;2*1H;/q;;;;+2/p-2. The largest absolute Gasteiger partial charge is 1.00 e. The van der Waals surface area contributed by atoms with E-state index in [0.29, 0.717) is 0 Å². The van der Waals surface area contributed by atoms with Gasteiger partial charge in [0.15, 0.2) is 0 Å². The van der Waals surface area contributed by atoms with Crippen molar-refractivity contribution in [2.24, 2.45) is 0 Å². The monoisotopic (exact) mass is 427 g/mol. The van der Waals surface area contributed by atoms with Crippen LogP contribution in [0.5, 0.6) is 0 Å². The molecule has 0 nitrogen and oxygen atoms in total. The smallest absolute Gasteiger partial charge is 1.00 e. The van der Waals surface area contributed by atoms with E-state index in [1.54, 1.807) is 22.3 Å². The normalized spacial score (nSPS) is 20.3. The van der Waals surface area contributed by atoms with E-state index >= 15 is 0 Å². The zero-order chi connectivity index (χ0) is 14.7. The molecule has 0 spiro atoms. The first-order valence-corrected chi connectivity index (χ1v) is 11.2. The molecule has 0 aromatic rings. The van der Waals surface area contributed by atoms with Gasteiger partial charge in [-0.15, -0.1) is 0 Å². The molecule has 0 atom stereocenters. The van der Waals surface area contributed by atoms with Crippen LogP contribution in [0.1, 0.15) is 71.6 Å². The second kappa shape index (κ2) is 10.3. The van der Waals surface area contributed by atoms with Crippen molar-refractivity contribution >= 4 is 3.21 Å². The molecule has 125 valence electrons. The first kappa shape index (κ1) is 21.3. The maximum atomic E-state index is 2.38. The van der Waals surface area contributed by atoms with Crippen LogP contribution in [-0.2, 0) is 22.8 Å². The predicted molar refractivity (Wildman–Crippen MR) is 89.2 cm³/mol. The summed E-state index contributed by atoms with van der Waals surface area (Å²) in [6, 6.07) is 0. The van der Waals surface area contributed by atoms with Gasteiger partial charge < -0.3 is 24.8 Å². The van der Waals surface area contributed by atoms with Gasteiger partial charge >= 0.3 is 141 Å². The topological polar surface area (TPSA) is 0 Å². The Morgan fingerprint density at radius 1 is 1.00 bits per heavy atom. The molecule has 0 radical (unpaired) electrons. The van der Waals surface area contributed by atoms with Gasteiger partial charge in [-0.25, -0.2) is 0 Å². The fraction of sp³-hybridized carbons (Fsp3) is 0.550. The predicted octanol–water partition coefficient (Wildman–Crippen LogP) is -0.126. The molecular weight excluding hydrogens is 402 g/mol. The Morgan fingerprint density at radius 2 is 1.74 bits per heavy atom. The number of allylic oxidation sites excluding steroid dienone is 8. The number of hydrogen-bond donors (Lipinski definition) is 0. The molecular formula is C20H27Cl2Zr.